The summed E-state index contributed by atoms with van der Waals surface area (Å²) >= 11 is 0. The molecular formula is C23H27N5O. The van der Waals surface area contributed by atoms with Crippen molar-refractivity contribution in [2.45, 2.75) is 25.7 Å². The Kier molecular flexibility index (Phi) is 4.79. The summed E-state index contributed by atoms with van der Waals surface area (Å²) in [6, 6.07) is 8.20. The van der Waals surface area contributed by atoms with E-state index in [9.17, 15) is 4.79 Å². The van der Waals surface area contributed by atoms with Gasteiger partial charge in [-0.15, -0.1) is 0 Å². The molecule has 6 heteroatoms. The van der Waals surface area contributed by atoms with Gasteiger partial charge in [-0.1, -0.05) is 12.1 Å². The third-order valence-electron chi connectivity index (χ3n) is 6.32. The molecule has 0 unspecified atom stereocenters. The van der Waals surface area contributed by atoms with Crippen LogP contribution in [0.25, 0.3) is 21.9 Å². The molecule has 0 spiro atoms. The molecule has 1 amide bonds. The van der Waals surface area contributed by atoms with Crippen LogP contribution in [0.4, 0.5) is 5.82 Å². The average molecular weight is 390 g/mol. The molecule has 29 heavy (non-hydrogen) atoms. The number of amides is 1. The largest absolute Gasteiger partial charge is 0.310 e. The normalized spacial score (nSPS) is 18.2. The summed E-state index contributed by atoms with van der Waals surface area (Å²) < 4.78 is 1.80. The minimum atomic E-state index is 0.0186. The molecule has 1 aliphatic carbocycles. The number of nitrogens with zero attached hydrogens (tertiary/aromatic N) is 4. The van der Waals surface area contributed by atoms with Gasteiger partial charge in [-0.25, -0.2) is 4.98 Å². The maximum Gasteiger partial charge on any atom is 0.239 e. The molecular weight excluding hydrogens is 362 g/mol. The summed E-state index contributed by atoms with van der Waals surface area (Å²) in [4.78, 5) is 19.2. The zero-order chi connectivity index (χ0) is 19.8. The highest BCUT2D eigenvalue weighted by atomic mass is 16.2. The number of benzene rings is 1. The number of hydrogen-bond acceptors (Lipinski definition) is 4. The number of carbonyl (C=O) groups is 1. The van der Waals surface area contributed by atoms with Crippen LogP contribution in [-0.4, -0.2) is 45.2 Å². The lowest BCUT2D eigenvalue weighted by Crippen LogP contribution is -2.39. The van der Waals surface area contributed by atoms with Gasteiger partial charge in [0.2, 0.25) is 5.91 Å². The molecule has 1 saturated carbocycles. The number of piperidine rings is 1. The molecule has 3 aromatic rings. The highest BCUT2D eigenvalue weighted by molar-refractivity contribution is 5.94. The first kappa shape index (κ1) is 18.3. The van der Waals surface area contributed by atoms with Gasteiger partial charge in [-0.3, -0.25) is 14.4 Å². The van der Waals surface area contributed by atoms with Crippen molar-refractivity contribution in [1.29, 1.82) is 0 Å². The van der Waals surface area contributed by atoms with Crippen LogP contribution in [0.3, 0.4) is 0 Å². The van der Waals surface area contributed by atoms with E-state index in [4.69, 9.17) is 0 Å². The van der Waals surface area contributed by atoms with E-state index in [1.807, 2.05) is 31.7 Å². The maximum atomic E-state index is 12.5. The lowest BCUT2D eigenvalue weighted by molar-refractivity contribution is -0.117. The average Bonchev–Trinajstić information content (AvgIpc) is 3.48. The molecule has 0 bridgehead atoms. The van der Waals surface area contributed by atoms with Gasteiger partial charge in [-0.2, -0.15) is 5.10 Å². The van der Waals surface area contributed by atoms with Crippen molar-refractivity contribution in [3.63, 3.8) is 0 Å². The van der Waals surface area contributed by atoms with E-state index in [-0.39, 0.29) is 5.91 Å². The Bertz CT molecular complexity index is 1030. The van der Waals surface area contributed by atoms with E-state index in [1.165, 1.54) is 25.7 Å². The van der Waals surface area contributed by atoms with Gasteiger partial charge in [0.1, 0.15) is 5.82 Å². The van der Waals surface area contributed by atoms with Crippen molar-refractivity contribution in [2.75, 3.05) is 25.0 Å². The third-order valence-corrected chi connectivity index (χ3v) is 6.32. The van der Waals surface area contributed by atoms with Gasteiger partial charge in [0.05, 0.1) is 12.7 Å². The molecule has 0 radical (unpaired) electrons. The Labute approximate surface area is 170 Å². The second-order valence-corrected chi connectivity index (χ2v) is 8.53. The van der Waals surface area contributed by atoms with Gasteiger partial charge in [-0.05, 0) is 73.7 Å². The van der Waals surface area contributed by atoms with E-state index in [1.54, 1.807) is 4.68 Å². The van der Waals surface area contributed by atoms with Crippen LogP contribution in [0.2, 0.25) is 0 Å². The van der Waals surface area contributed by atoms with Crippen LogP contribution < -0.4 is 5.32 Å². The number of aromatic nitrogens is 3. The summed E-state index contributed by atoms with van der Waals surface area (Å²) in [5.41, 5.74) is 2.18. The lowest BCUT2D eigenvalue weighted by Gasteiger charge is -2.31. The molecule has 6 nitrogen and oxygen atoms in total. The molecule has 1 aromatic carbocycles. The van der Waals surface area contributed by atoms with Gasteiger partial charge in [0, 0.05) is 30.4 Å². The first-order chi connectivity index (χ1) is 14.1. The quantitative estimate of drug-likeness (QED) is 0.723. The van der Waals surface area contributed by atoms with Crippen molar-refractivity contribution in [3.8, 4) is 11.1 Å². The van der Waals surface area contributed by atoms with Gasteiger partial charge in [0.15, 0.2) is 0 Å². The van der Waals surface area contributed by atoms with Crippen LogP contribution in [0.1, 0.15) is 25.7 Å². The lowest BCUT2D eigenvalue weighted by atomic mass is 9.92. The summed E-state index contributed by atoms with van der Waals surface area (Å²) in [7, 11) is 1.91. The molecule has 3 heterocycles. The van der Waals surface area contributed by atoms with Crippen LogP contribution in [0, 0.1) is 11.8 Å². The summed E-state index contributed by atoms with van der Waals surface area (Å²) in [6.07, 6.45) is 11.0. The van der Waals surface area contributed by atoms with Crippen molar-refractivity contribution in [1.82, 2.24) is 19.7 Å². The number of pyridine rings is 1. The molecule has 2 aliphatic rings. The van der Waals surface area contributed by atoms with Crippen LogP contribution in [0.5, 0.6) is 0 Å². The molecule has 1 saturated heterocycles. The monoisotopic (exact) mass is 389 g/mol. The van der Waals surface area contributed by atoms with Crippen LogP contribution in [0.15, 0.2) is 42.9 Å². The molecule has 2 fully saturated rings. The predicted octanol–water partition coefficient (Wildman–Crippen LogP) is 3.70. The van der Waals surface area contributed by atoms with Crippen LogP contribution >= 0.6 is 0 Å². The molecule has 1 N–H and O–H groups in total. The number of rotatable bonds is 5. The highest BCUT2D eigenvalue weighted by Gasteiger charge is 2.33. The number of hydrogen-bond donors (Lipinski definition) is 1. The standard InChI is InChI=1S/C23H27N5O/c1-27-14-21(13-25-27)18-4-5-19-12-24-22(11-20(19)10-18)26-23(29)15-28-8-6-17(7-9-28)16-2-3-16/h4-5,10-14,16-17H,2-3,6-9,15H2,1H3,(H,24,26,29). The number of likely N-dealkylation sites (tertiary alicyclic amines) is 1. The Morgan fingerprint density at radius 3 is 2.55 bits per heavy atom. The predicted molar refractivity (Wildman–Crippen MR) is 114 cm³/mol. The zero-order valence-corrected chi connectivity index (χ0v) is 16.8. The van der Waals surface area contributed by atoms with Crippen molar-refractivity contribution < 1.29 is 4.79 Å². The van der Waals surface area contributed by atoms with E-state index in [0.29, 0.717) is 12.4 Å². The Hall–Kier alpha value is -2.73. The maximum absolute atomic E-state index is 12.5. The minimum absolute atomic E-state index is 0.0186. The van der Waals surface area contributed by atoms with Gasteiger partial charge < -0.3 is 5.32 Å². The number of aryl methyl sites for hydroxylation is 1. The summed E-state index contributed by atoms with van der Waals surface area (Å²) in [5.74, 6) is 2.50. The third kappa shape index (κ3) is 4.17. The highest BCUT2D eigenvalue weighted by Crippen LogP contribution is 2.41. The van der Waals surface area contributed by atoms with Crippen molar-refractivity contribution in [2.24, 2.45) is 18.9 Å². The van der Waals surface area contributed by atoms with Crippen molar-refractivity contribution >= 4 is 22.5 Å². The van der Waals surface area contributed by atoms with Gasteiger partial charge >= 0.3 is 0 Å². The first-order valence-corrected chi connectivity index (χ1v) is 10.5. The second kappa shape index (κ2) is 7.59. The molecule has 150 valence electrons. The summed E-state index contributed by atoms with van der Waals surface area (Å²) in [6.45, 7) is 2.52. The van der Waals surface area contributed by atoms with Crippen molar-refractivity contribution in [3.05, 3.63) is 42.9 Å². The van der Waals surface area contributed by atoms with Crippen LogP contribution in [-0.2, 0) is 11.8 Å². The number of nitrogens with one attached hydrogen (secondary N) is 1. The molecule has 5 rings (SSSR count). The van der Waals surface area contributed by atoms with E-state index in [2.05, 4.69) is 38.5 Å². The Morgan fingerprint density at radius 2 is 1.83 bits per heavy atom. The first-order valence-electron chi connectivity index (χ1n) is 10.5. The van der Waals surface area contributed by atoms with Gasteiger partial charge in [0.25, 0.3) is 0 Å². The molecule has 2 aromatic heterocycles. The fraction of sp³-hybridized carbons (Fsp3) is 0.435. The van der Waals surface area contributed by atoms with E-state index >= 15 is 0 Å². The smallest absolute Gasteiger partial charge is 0.239 e. The Morgan fingerprint density at radius 1 is 1.03 bits per heavy atom. The minimum Gasteiger partial charge on any atom is -0.310 e. The van der Waals surface area contributed by atoms with E-state index < -0.39 is 0 Å². The van der Waals surface area contributed by atoms with E-state index in [0.717, 1.165) is 46.8 Å². The topological polar surface area (TPSA) is 63.1 Å². The SMILES string of the molecule is Cn1cc(-c2ccc3cnc(NC(=O)CN4CCC(C5CC5)CC4)cc3c2)cn1. The number of anilines is 1. The molecule has 1 aliphatic heterocycles. The number of carbonyl (C=O) groups excluding carboxylic acids is 1. The Balaban J connectivity index is 1.24. The fourth-order valence-electron chi connectivity index (χ4n) is 4.49. The summed E-state index contributed by atoms with van der Waals surface area (Å²) in [5, 5.41) is 9.34. The zero-order valence-electron chi connectivity index (χ0n) is 16.8. The molecule has 0 atom stereocenters. The number of fused-ring (bicyclic) bond motifs is 1. The second-order valence-electron chi connectivity index (χ2n) is 8.53. The fourth-order valence-corrected chi connectivity index (χ4v) is 4.49.